The van der Waals surface area contributed by atoms with Gasteiger partial charge in [-0.2, -0.15) is 0 Å². The number of benzene rings is 4. The van der Waals surface area contributed by atoms with Crippen LogP contribution in [0.1, 0.15) is 22.6 Å². The molecule has 6 aromatic rings. The van der Waals surface area contributed by atoms with Crippen LogP contribution in [0.25, 0.3) is 27.8 Å². The van der Waals surface area contributed by atoms with Gasteiger partial charge in [0.25, 0.3) is 5.69 Å². The van der Waals surface area contributed by atoms with E-state index in [0.29, 0.717) is 23.1 Å². The minimum atomic E-state index is -0.391. The van der Waals surface area contributed by atoms with Gasteiger partial charge in [0.1, 0.15) is 12.1 Å². The molecule has 0 N–H and O–H groups in total. The summed E-state index contributed by atoms with van der Waals surface area (Å²) in [7, 11) is 0. The molecule has 8 heteroatoms. The number of fused-ring (bicyclic) bond motifs is 6. The van der Waals surface area contributed by atoms with E-state index in [4.69, 9.17) is 9.72 Å². The van der Waals surface area contributed by atoms with Crippen LogP contribution in [-0.2, 0) is 0 Å². The van der Waals surface area contributed by atoms with E-state index in [-0.39, 0.29) is 10.6 Å². The molecule has 172 valence electrons. The molecular formula is C28H17N5O3. The van der Waals surface area contributed by atoms with E-state index < -0.39 is 5.92 Å². The second-order valence-electron chi connectivity index (χ2n) is 8.63. The van der Waals surface area contributed by atoms with E-state index in [1.165, 1.54) is 6.07 Å². The molecule has 0 radical (unpaired) electrons. The quantitative estimate of drug-likeness (QED) is 0.227. The van der Waals surface area contributed by atoms with Crippen LogP contribution in [0, 0.1) is 10.1 Å². The maximum absolute atomic E-state index is 11.6. The number of ether oxygens (including phenoxy) is 1. The molecule has 3 heterocycles. The summed E-state index contributed by atoms with van der Waals surface area (Å²) in [5.41, 5.74) is 3.86. The molecule has 0 fully saturated rings. The number of nitrogens with zero attached hydrogens (tertiary/aromatic N) is 5. The van der Waals surface area contributed by atoms with Crippen LogP contribution < -0.4 is 4.74 Å². The molecule has 8 nitrogen and oxygen atoms in total. The number of non-ortho nitro benzene ring substituents is 1. The number of hydrogen-bond donors (Lipinski definition) is 0. The van der Waals surface area contributed by atoms with Gasteiger partial charge in [-0.15, -0.1) is 5.10 Å². The van der Waals surface area contributed by atoms with E-state index in [9.17, 15) is 10.1 Å². The summed E-state index contributed by atoms with van der Waals surface area (Å²) in [6, 6.07) is 28.4. The van der Waals surface area contributed by atoms with Crippen LogP contribution in [-0.4, -0.2) is 24.5 Å². The van der Waals surface area contributed by atoms with Crippen molar-refractivity contribution in [2.75, 3.05) is 0 Å². The fourth-order valence-corrected chi connectivity index (χ4v) is 4.92. The van der Waals surface area contributed by atoms with Gasteiger partial charge in [0.2, 0.25) is 5.88 Å². The molecule has 0 bridgehead atoms. The summed E-state index contributed by atoms with van der Waals surface area (Å²) >= 11 is 0. The lowest BCUT2D eigenvalue weighted by molar-refractivity contribution is -0.384. The minimum Gasteiger partial charge on any atom is -0.438 e. The molecule has 0 amide bonds. The van der Waals surface area contributed by atoms with Crippen molar-refractivity contribution in [3.8, 4) is 23.0 Å². The fraction of sp³-hybridized carbons (Fsp3) is 0.0357. The van der Waals surface area contributed by atoms with Crippen molar-refractivity contribution in [3.05, 3.63) is 124 Å². The fourth-order valence-electron chi connectivity index (χ4n) is 4.92. The highest BCUT2D eigenvalue weighted by atomic mass is 16.6. The second kappa shape index (κ2) is 7.71. The summed E-state index contributed by atoms with van der Waals surface area (Å²) in [5.74, 6) is 1.27. The Morgan fingerprint density at radius 2 is 1.75 bits per heavy atom. The van der Waals surface area contributed by atoms with E-state index in [2.05, 4.69) is 10.1 Å². The first kappa shape index (κ1) is 20.3. The Labute approximate surface area is 204 Å². The standard InChI is InChI=1S/C28H17N5O3/c34-33(35)20-11-6-10-19(15-20)23-22-14-13-17-7-4-5-12-21(17)25(22)36-28-24(23)27-30-26(31-32(27)16-29-28)18-8-2-1-3-9-18/h1-16,23H. The summed E-state index contributed by atoms with van der Waals surface area (Å²) in [4.78, 5) is 20.7. The molecule has 2 aromatic heterocycles. The van der Waals surface area contributed by atoms with Gasteiger partial charge in [-0.25, -0.2) is 14.5 Å². The van der Waals surface area contributed by atoms with E-state index in [1.54, 1.807) is 23.0 Å². The Balaban J connectivity index is 1.53. The lowest BCUT2D eigenvalue weighted by atomic mass is 9.82. The first-order valence-corrected chi connectivity index (χ1v) is 11.4. The average Bonchev–Trinajstić information content (AvgIpc) is 3.37. The van der Waals surface area contributed by atoms with Crippen LogP contribution >= 0.6 is 0 Å². The third kappa shape index (κ3) is 3.05. The van der Waals surface area contributed by atoms with Crippen molar-refractivity contribution in [2.24, 2.45) is 0 Å². The number of rotatable bonds is 3. The molecule has 7 rings (SSSR count). The van der Waals surface area contributed by atoms with Gasteiger partial charge in [0, 0.05) is 34.6 Å². The van der Waals surface area contributed by atoms with Crippen LogP contribution in [0.3, 0.4) is 0 Å². The number of hydrogen-bond acceptors (Lipinski definition) is 6. The molecule has 0 aliphatic carbocycles. The molecule has 0 saturated heterocycles. The predicted molar refractivity (Wildman–Crippen MR) is 134 cm³/mol. The second-order valence-corrected chi connectivity index (χ2v) is 8.63. The highest BCUT2D eigenvalue weighted by molar-refractivity contribution is 5.91. The van der Waals surface area contributed by atoms with Crippen LogP contribution in [0.15, 0.2) is 97.3 Å². The van der Waals surface area contributed by atoms with Crippen molar-refractivity contribution in [1.29, 1.82) is 0 Å². The van der Waals surface area contributed by atoms with Crippen LogP contribution in [0.5, 0.6) is 11.6 Å². The third-order valence-electron chi connectivity index (χ3n) is 6.54. The largest absolute Gasteiger partial charge is 0.438 e. The lowest BCUT2D eigenvalue weighted by Crippen LogP contribution is -2.15. The lowest BCUT2D eigenvalue weighted by Gasteiger charge is -2.28. The van der Waals surface area contributed by atoms with Crippen molar-refractivity contribution in [2.45, 2.75) is 5.92 Å². The molecule has 36 heavy (non-hydrogen) atoms. The van der Waals surface area contributed by atoms with Gasteiger partial charge >= 0.3 is 0 Å². The predicted octanol–water partition coefficient (Wildman–Crippen LogP) is 6.14. The Bertz CT molecular complexity index is 1810. The smallest absolute Gasteiger partial charge is 0.269 e. The summed E-state index contributed by atoms with van der Waals surface area (Å²) < 4.78 is 8.06. The minimum absolute atomic E-state index is 0.0224. The number of aromatic nitrogens is 4. The maximum Gasteiger partial charge on any atom is 0.269 e. The molecule has 1 atom stereocenters. The summed E-state index contributed by atoms with van der Waals surface area (Å²) in [6.07, 6.45) is 1.59. The Morgan fingerprint density at radius 3 is 2.61 bits per heavy atom. The van der Waals surface area contributed by atoms with Gasteiger partial charge in [0.05, 0.1) is 10.5 Å². The normalized spacial score (nSPS) is 14.3. The van der Waals surface area contributed by atoms with E-state index in [1.807, 2.05) is 72.8 Å². The first-order chi connectivity index (χ1) is 17.7. The van der Waals surface area contributed by atoms with E-state index in [0.717, 1.165) is 33.0 Å². The van der Waals surface area contributed by atoms with Gasteiger partial charge in [0.15, 0.2) is 11.5 Å². The number of nitro groups is 1. The SMILES string of the molecule is O=[N+]([O-])c1cccc(C2c3ccc4ccccc4c3Oc3ncn4nc(-c5ccccc5)nc4c32)c1. The van der Waals surface area contributed by atoms with E-state index >= 15 is 0 Å². The Hall–Kier alpha value is -5.11. The zero-order valence-electron chi connectivity index (χ0n) is 18.8. The van der Waals surface area contributed by atoms with Crippen molar-refractivity contribution < 1.29 is 9.66 Å². The first-order valence-electron chi connectivity index (χ1n) is 11.4. The van der Waals surface area contributed by atoms with Gasteiger partial charge in [-0.3, -0.25) is 10.1 Å². The van der Waals surface area contributed by atoms with Crippen molar-refractivity contribution >= 4 is 22.1 Å². The van der Waals surface area contributed by atoms with Crippen LogP contribution in [0.2, 0.25) is 0 Å². The Kier molecular flexibility index (Phi) is 4.34. The molecule has 1 unspecified atom stereocenters. The Morgan fingerprint density at radius 1 is 0.917 bits per heavy atom. The molecule has 0 spiro atoms. The summed E-state index contributed by atoms with van der Waals surface area (Å²) in [6.45, 7) is 0. The monoisotopic (exact) mass is 471 g/mol. The molecule has 4 aromatic carbocycles. The summed E-state index contributed by atoms with van der Waals surface area (Å²) in [5, 5.41) is 18.2. The number of nitro benzene ring substituents is 1. The highest BCUT2D eigenvalue weighted by Gasteiger charge is 2.35. The highest BCUT2D eigenvalue weighted by Crippen LogP contribution is 2.50. The molecular weight excluding hydrogens is 454 g/mol. The van der Waals surface area contributed by atoms with Gasteiger partial charge in [-0.05, 0) is 10.9 Å². The average molecular weight is 471 g/mol. The molecule has 1 aliphatic rings. The van der Waals surface area contributed by atoms with Crippen molar-refractivity contribution in [3.63, 3.8) is 0 Å². The van der Waals surface area contributed by atoms with Gasteiger partial charge in [-0.1, -0.05) is 78.9 Å². The maximum atomic E-state index is 11.6. The van der Waals surface area contributed by atoms with Crippen molar-refractivity contribution in [1.82, 2.24) is 19.6 Å². The topological polar surface area (TPSA) is 95.5 Å². The molecule has 0 saturated carbocycles. The van der Waals surface area contributed by atoms with Gasteiger partial charge < -0.3 is 4.74 Å². The van der Waals surface area contributed by atoms with Crippen LogP contribution in [0.4, 0.5) is 5.69 Å². The zero-order valence-corrected chi connectivity index (χ0v) is 18.8. The zero-order chi connectivity index (χ0) is 24.2. The molecule has 1 aliphatic heterocycles. The third-order valence-corrected chi connectivity index (χ3v) is 6.54.